The fourth-order valence-electron chi connectivity index (χ4n) is 2.53. The van der Waals surface area contributed by atoms with Gasteiger partial charge in [0.25, 0.3) is 5.56 Å². The molecule has 0 amide bonds. The Hall–Kier alpha value is -2.56. The first kappa shape index (κ1) is 15.0. The van der Waals surface area contributed by atoms with Gasteiger partial charge in [0.2, 0.25) is 0 Å². The quantitative estimate of drug-likeness (QED) is 0.539. The summed E-state index contributed by atoms with van der Waals surface area (Å²) in [5.41, 5.74) is 1.83. The van der Waals surface area contributed by atoms with Gasteiger partial charge in [0, 0.05) is 0 Å². The van der Waals surface area contributed by atoms with Gasteiger partial charge in [-0.1, -0.05) is 41.4 Å². The number of benzene rings is 2. The second-order valence-electron chi connectivity index (χ2n) is 5.19. The zero-order chi connectivity index (χ0) is 16.7. The number of aromatic amines is 1. The van der Waals surface area contributed by atoms with Gasteiger partial charge in [-0.15, -0.1) is 0 Å². The van der Waals surface area contributed by atoms with Crippen molar-refractivity contribution in [1.29, 1.82) is 0 Å². The Morgan fingerprint density at radius 1 is 0.875 bits per heavy atom. The Morgan fingerprint density at radius 2 is 1.58 bits per heavy atom. The monoisotopic (exact) mass is 356 g/mol. The minimum atomic E-state index is -0.320. The molecule has 0 spiro atoms. The van der Waals surface area contributed by atoms with Crippen LogP contribution in [-0.4, -0.2) is 9.97 Å². The van der Waals surface area contributed by atoms with E-state index in [1.807, 2.05) is 18.2 Å². The molecule has 4 aromatic rings. The van der Waals surface area contributed by atoms with Gasteiger partial charge in [0.05, 0.1) is 26.6 Å². The van der Waals surface area contributed by atoms with E-state index in [2.05, 4.69) is 9.97 Å². The molecular formula is C18H10Cl2N2O2. The van der Waals surface area contributed by atoms with Crippen molar-refractivity contribution in [3.63, 3.8) is 0 Å². The number of aromatic nitrogens is 2. The van der Waals surface area contributed by atoms with Crippen LogP contribution in [0.1, 0.15) is 0 Å². The number of nitrogens with zero attached hydrogens (tertiary/aromatic N) is 1. The second kappa shape index (κ2) is 5.82. The average molecular weight is 357 g/mol. The number of furan rings is 1. The molecule has 0 saturated heterocycles. The third-order valence-corrected chi connectivity index (χ3v) is 4.28. The highest BCUT2D eigenvalue weighted by Gasteiger charge is 2.16. The Balaban J connectivity index is 1.86. The zero-order valence-electron chi connectivity index (χ0n) is 12.2. The maximum atomic E-state index is 12.3. The average Bonchev–Trinajstić information content (AvgIpc) is 3.03. The minimum absolute atomic E-state index is 0.211. The third kappa shape index (κ3) is 2.50. The molecule has 2 heterocycles. The summed E-state index contributed by atoms with van der Waals surface area (Å²) in [7, 11) is 0. The second-order valence-corrected chi connectivity index (χ2v) is 6.01. The lowest BCUT2D eigenvalue weighted by Gasteiger charge is -2.03. The van der Waals surface area contributed by atoms with Gasteiger partial charge in [-0.25, -0.2) is 4.98 Å². The highest BCUT2D eigenvalue weighted by atomic mass is 35.5. The Labute approximate surface area is 146 Å². The van der Waals surface area contributed by atoms with E-state index in [0.717, 1.165) is 0 Å². The number of hydrogen-bond donors (Lipinski definition) is 1. The molecule has 0 aliphatic rings. The molecule has 0 unspecified atom stereocenters. The fraction of sp³-hybridized carbons (Fsp3) is 0. The van der Waals surface area contributed by atoms with Gasteiger partial charge in [-0.3, -0.25) is 4.79 Å². The number of fused-ring (bicyclic) bond motifs is 1. The van der Waals surface area contributed by atoms with Crippen molar-refractivity contribution < 1.29 is 4.42 Å². The third-order valence-electron chi connectivity index (χ3n) is 3.65. The maximum Gasteiger partial charge on any atom is 0.278 e. The largest absolute Gasteiger partial charge is 0.454 e. The molecule has 0 bridgehead atoms. The summed E-state index contributed by atoms with van der Waals surface area (Å²) in [6, 6.07) is 15.9. The smallest absolute Gasteiger partial charge is 0.278 e. The lowest BCUT2D eigenvalue weighted by atomic mass is 10.2. The molecule has 2 aromatic heterocycles. The molecule has 0 saturated carbocycles. The predicted octanol–water partition coefficient (Wildman–Crippen LogP) is 5.16. The van der Waals surface area contributed by atoms with Crippen LogP contribution in [0.15, 0.2) is 63.8 Å². The molecule has 0 aliphatic carbocycles. The van der Waals surface area contributed by atoms with Crippen molar-refractivity contribution in [2.75, 3.05) is 0 Å². The van der Waals surface area contributed by atoms with Crippen molar-refractivity contribution in [3.05, 3.63) is 75.0 Å². The molecule has 0 aliphatic heterocycles. The first-order chi connectivity index (χ1) is 11.6. The summed E-state index contributed by atoms with van der Waals surface area (Å²) in [6.07, 6.45) is 0. The van der Waals surface area contributed by atoms with Crippen molar-refractivity contribution in [3.8, 4) is 22.8 Å². The summed E-state index contributed by atoms with van der Waals surface area (Å²) < 4.78 is 5.80. The highest BCUT2D eigenvalue weighted by Crippen LogP contribution is 2.36. The number of nitrogens with one attached hydrogen (secondary N) is 1. The summed E-state index contributed by atoms with van der Waals surface area (Å²) in [5, 5.41) is 0.951. The topological polar surface area (TPSA) is 58.9 Å². The number of rotatable bonds is 2. The minimum Gasteiger partial charge on any atom is -0.454 e. The molecule has 24 heavy (non-hydrogen) atoms. The molecule has 0 fully saturated rings. The summed E-state index contributed by atoms with van der Waals surface area (Å²) in [4.78, 5) is 19.5. The Kier molecular flexibility index (Phi) is 3.63. The van der Waals surface area contributed by atoms with Gasteiger partial charge in [0.15, 0.2) is 11.5 Å². The zero-order valence-corrected chi connectivity index (χ0v) is 13.7. The van der Waals surface area contributed by atoms with E-state index >= 15 is 0 Å². The molecule has 118 valence electrons. The standard InChI is InChI=1S/C18H10Cl2N2O2/c19-10-4-3-5-11(20)16(10)14-8-9-15(24-14)17-18(23)22-13-7-2-1-6-12(13)21-17/h1-9H,(H,22,23). The highest BCUT2D eigenvalue weighted by molar-refractivity contribution is 6.39. The number of para-hydroxylation sites is 2. The summed E-state index contributed by atoms with van der Waals surface area (Å²) in [6.45, 7) is 0. The normalized spacial score (nSPS) is 11.1. The van der Waals surface area contributed by atoms with Crippen LogP contribution in [-0.2, 0) is 0 Å². The first-order valence-electron chi connectivity index (χ1n) is 7.17. The van der Waals surface area contributed by atoms with Crippen LogP contribution < -0.4 is 5.56 Å². The SMILES string of the molecule is O=c1[nH]c2ccccc2nc1-c1ccc(-c2c(Cl)cccc2Cl)o1. The van der Waals surface area contributed by atoms with Crippen LogP contribution in [0.3, 0.4) is 0 Å². The molecule has 6 heteroatoms. The van der Waals surface area contributed by atoms with Crippen molar-refractivity contribution in [2.45, 2.75) is 0 Å². The van der Waals surface area contributed by atoms with Crippen molar-refractivity contribution in [2.24, 2.45) is 0 Å². The lowest BCUT2D eigenvalue weighted by molar-refractivity contribution is 0.594. The van der Waals surface area contributed by atoms with Crippen LogP contribution in [0, 0.1) is 0 Å². The van der Waals surface area contributed by atoms with E-state index in [1.165, 1.54) is 0 Å². The van der Waals surface area contributed by atoms with Crippen LogP contribution in [0.5, 0.6) is 0 Å². The molecule has 4 rings (SSSR count). The van der Waals surface area contributed by atoms with E-state index in [-0.39, 0.29) is 11.3 Å². The molecular weight excluding hydrogens is 347 g/mol. The van der Waals surface area contributed by atoms with E-state index < -0.39 is 0 Å². The summed E-state index contributed by atoms with van der Waals surface area (Å²) in [5.74, 6) is 0.836. The maximum absolute atomic E-state index is 12.3. The van der Waals surface area contributed by atoms with Crippen molar-refractivity contribution in [1.82, 2.24) is 9.97 Å². The van der Waals surface area contributed by atoms with Gasteiger partial charge < -0.3 is 9.40 Å². The van der Waals surface area contributed by atoms with Crippen LogP contribution in [0.4, 0.5) is 0 Å². The number of H-pyrrole nitrogens is 1. The number of hydrogen-bond acceptors (Lipinski definition) is 3. The van der Waals surface area contributed by atoms with Gasteiger partial charge in [-0.2, -0.15) is 0 Å². The van der Waals surface area contributed by atoms with E-state index in [4.69, 9.17) is 27.6 Å². The molecule has 1 N–H and O–H groups in total. The van der Waals surface area contributed by atoms with Gasteiger partial charge in [0.1, 0.15) is 5.76 Å². The Morgan fingerprint density at radius 3 is 2.38 bits per heavy atom. The van der Waals surface area contributed by atoms with Crippen LogP contribution >= 0.6 is 23.2 Å². The van der Waals surface area contributed by atoms with Gasteiger partial charge >= 0.3 is 0 Å². The molecule has 4 nitrogen and oxygen atoms in total. The van der Waals surface area contributed by atoms with E-state index in [0.29, 0.717) is 38.2 Å². The van der Waals surface area contributed by atoms with Crippen molar-refractivity contribution >= 4 is 34.2 Å². The van der Waals surface area contributed by atoms with E-state index in [9.17, 15) is 4.79 Å². The van der Waals surface area contributed by atoms with Crippen LogP contribution in [0.25, 0.3) is 33.8 Å². The Bertz CT molecular complexity index is 1100. The fourth-order valence-corrected chi connectivity index (χ4v) is 3.11. The molecule has 0 radical (unpaired) electrons. The number of halogens is 2. The first-order valence-corrected chi connectivity index (χ1v) is 7.93. The molecule has 2 aromatic carbocycles. The van der Waals surface area contributed by atoms with E-state index in [1.54, 1.807) is 36.4 Å². The molecule has 0 atom stereocenters. The van der Waals surface area contributed by atoms with Crippen LogP contribution in [0.2, 0.25) is 10.0 Å². The van der Waals surface area contributed by atoms with Gasteiger partial charge in [-0.05, 0) is 36.4 Å². The lowest BCUT2D eigenvalue weighted by Crippen LogP contribution is -2.10. The summed E-state index contributed by atoms with van der Waals surface area (Å²) >= 11 is 12.4. The predicted molar refractivity (Wildman–Crippen MR) is 95.5 cm³/mol.